The van der Waals surface area contributed by atoms with Crippen molar-refractivity contribution in [3.8, 4) is 0 Å². The maximum Gasteiger partial charge on any atom is 0.143 e. The van der Waals surface area contributed by atoms with Gasteiger partial charge in [-0.15, -0.1) is 11.8 Å². The highest BCUT2D eigenvalue weighted by Gasteiger charge is 2.12. The summed E-state index contributed by atoms with van der Waals surface area (Å²) in [7, 11) is 0. The Bertz CT molecular complexity index is 384. The molecule has 0 amide bonds. The van der Waals surface area contributed by atoms with Crippen molar-refractivity contribution < 1.29 is 5.21 Å². The van der Waals surface area contributed by atoms with Crippen molar-refractivity contribution in [2.24, 2.45) is 16.8 Å². The van der Waals surface area contributed by atoms with Gasteiger partial charge in [-0.05, 0) is 18.7 Å². The molecule has 0 saturated carbocycles. The average molecular weight is 281 g/mol. The number of nitrogens with zero attached hydrogens (tertiary/aromatic N) is 2. The van der Waals surface area contributed by atoms with Crippen LogP contribution in [0.3, 0.4) is 0 Å². The van der Waals surface area contributed by atoms with E-state index < -0.39 is 0 Å². The van der Waals surface area contributed by atoms with Crippen LogP contribution in [0.4, 0.5) is 0 Å². The van der Waals surface area contributed by atoms with Crippen molar-refractivity contribution >= 4 is 17.6 Å². The van der Waals surface area contributed by atoms with E-state index in [0.717, 1.165) is 25.4 Å². The Morgan fingerprint density at radius 3 is 2.68 bits per heavy atom. The number of thioether (sulfide) groups is 1. The lowest BCUT2D eigenvalue weighted by Gasteiger charge is -2.23. The summed E-state index contributed by atoms with van der Waals surface area (Å²) >= 11 is 1.85. The van der Waals surface area contributed by atoms with Crippen LogP contribution in [0.1, 0.15) is 13.8 Å². The van der Waals surface area contributed by atoms with Gasteiger partial charge in [0.25, 0.3) is 0 Å². The van der Waals surface area contributed by atoms with E-state index in [4.69, 9.17) is 10.9 Å². The van der Waals surface area contributed by atoms with Gasteiger partial charge in [0.05, 0.1) is 0 Å². The molecule has 19 heavy (non-hydrogen) atoms. The van der Waals surface area contributed by atoms with E-state index in [2.05, 4.69) is 41.2 Å². The molecule has 106 valence electrons. The Labute approximate surface area is 119 Å². The van der Waals surface area contributed by atoms with Crippen molar-refractivity contribution in [2.45, 2.75) is 18.7 Å². The van der Waals surface area contributed by atoms with E-state index in [0.29, 0.717) is 5.84 Å². The van der Waals surface area contributed by atoms with E-state index in [-0.39, 0.29) is 5.92 Å². The fourth-order valence-electron chi connectivity index (χ4n) is 1.77. The minimum atomic E-state index is 0.0756. The Morgan fingerprint density at radius 1 is 1.42 bits per heavy atom. The van der Waals surface area contributed by atoms with Gasteiger partial charge in [-0.2, -0.15) is 0 Å². The first-order chi connectivity index (χ1) is 9.17. The SMILES string of the molecule is CCN(CCSc1ccccc1)CC(C)C(N)=NO. The molecule has 0 aromatic heterocycles. The number of hydrogen-bond acceptors (Lipinski definition) is 4. The van der Waals surface area contributed by atoms with Gasteiger partial charge < -0.3 is 15.8 Å². The molecule has 0 bridgehead atoms. The summed E-state index contributed by atoms with van der Waals surface area (Å²) in [5.74, 6) is 1.42. The summed E-state index contributed by atoms with van der Waals surface area (Å²) < 4.78 is 0. The summed E-state index contributed by atoms with van der Waals surface area (Å²) in [6.45, 7) is 6.90. The Balaban J connectivity index is 2.33. The first kappa shape index (κ1) is 15.9. The van der Waals surface area contributed by atoms with Gasteiger partial charge in [0, 0.05) is 29.7 Å². The summed E-state index contributed by atoms with van der Waals surface area (Å²) in [6.07, 6.45) is 0. The molecule has 5 heteroatoms. The Morgan fingerprint density at radius 2 is 2.11 bits per heavy atom. The van der Waals surface area contributed by atoms with Crippen molar-refractivity contribution in [2.75, 3.05) is 25.4 Å². The molecule has 0 saturated heterocycles. The number of hydrogen-bond donors (Lipinski definition) is 2. The van der Waals surface area contributed by atoms with Gasteiger partial charge in [-0.3, -0.25) is 0 Å². The lowest BCUT2D eigenvalue weighted by Crippen LogP contribution is -2.36. The summed E-state index contributed by atoms with van der Waals surface area (Å²) in [4.78, 5) is 3.61. The second-order valence-corrected chi connectivity index (χ2v) is 5.65. The van der Waals surface area contributed by atoms with Crippen molar-refractivity contribution in [3.05, 3.63) is 30.3 Å². The summed E-state index contributed by atoms with van der Waals surface area (Å²) in [5.41, 5.74) is 5.61. The molecule has 1 aromatic rings. The monoisotopic (exact) mass is 281 g/mol. The molecule has 1 aromatic carbocycles. The van der Waals surface area contributed by atoms with Crippen LogP contribution in [0, 0.1) is 5.92 Å². The second-order valence-electron chi connectivity index (χ2n) is 4.48. The van der Waals surface area contributed by atoms with Crippen LogP contribution >= 0.6 is 11.8 Å². The first-order valence-electron chi connectivity index (χ1n) is 6.55. The number of rotatable bonds is 8. The molecule has 4 nitrogen and oxygen atoms in total. The lowest BCUT2D eigenvalue weighted by atomic mass is 10.1. The van der Waals surface area contributed by atoms with Crippen LogP contribution in [-0.2, 0) is 0 Å². The number of nitrogens with two attached hydrogens (primary N) is 1. The third-order valence-electron chi connectivity index (χ3n) is 3.02. The fraction of sp³-hybridized carbons (Fsp3) is 0.500. The number of oxime groups is 1. The van der Waals surface area contributed by atoms with E-state index in [1.807, 2.05) is 24.8 Å². The predicted molar refractivity (Wildman–Crippen MR) is 81.9 cm³/mol. The number of benzene rings is 1. The maximum absolute atomic E-state index is 8.66. The zero-order valence-electron chi connectivity index (χ0n) is 11.6. The molecule has 0 radical (unpaired) electrons. The topological polar surface area (TPSA) is 61.8 Å². The van der Waals surface area contributed by atoms with E-state index in [1.165, 1.54) is 4.90 Å². The molecule has 1 unspecified atom stereocenters. The van der Waals surface area contributed by atoms with Gasteiger partial charge in [0.1, 0.15) is 5.84 Å². The largest absolute Gasteiger partial charge is 0.409 e. The highest BCUT2D eigenvalue weighted by atomic mass is 32.2. The summed E-state index contributed by atoms with van der Waals surface area (Å²) in [5, 5.41) is 11.7. The highest BCUT2D eigenvalue weighted by Crippen LogP contribution is 2.17. The van der Waals surface area contributed by atoms with E-state index in [9.17, 15) is 0 Å². The molecule has 3 N–H and O–H groups in total. The molecule has 0 aliphatic heterocycles. The van der Waals surface area contributed by atoms with E-state index in [1.54, 1.807) is 0 Å². The van der Waals surface area contributed by atoms with Gasteiger partial charge >= 0.3 is 0 Å². The number of amidine groups is 1. The molecule has 1 rings (SSSR count). The molecule has 0 heterocycles. The van der Waals surface area contributed by atoms with Gasteiger partial charge in [-0.25, -0.2) is 0 Å². The van der Waals surface area contributed by atoms with Crippen LogP contribution in [0.5, 0.6) is 0 Å². The van der Waals surface area contributed by atoms with Crippen LogP contribution in [0.25, 0.3) is 0 Å². The minimum Gasteiger partial charge on any atom is -0.409 e. The van der Waals surface area contributed by atoms with Gasteiger partial charge in [0.2, 0.25) is 0 Å². The molecular weight excluding hydrogens is 258 g/mol. The van der Waals surface area contributed by atoms with Crippen LogP contribution in [0.2, 0.25) is 0 Å². The molecule has 0 spiro atoms. The normalized spacial score (nSPS) is 13.7. The molecule has 0 aliphatic carbocycles. The zero-order chi connectivity index (χ0) is 14.1. The van der Waals surface area contributed by atoms with Crippen LogP contribution in [0.15, 0.2) is 40.4 Å². The van der Waals surface area contributed by atoms with Gasteiger partial charge in [-0.1, -0.05) is 37.2 Å². The lowest BCUT2D eigenvalue weighted by molar-refractivity contribution is 0.278. The van der Waals surface area contributed by atoms with Crippen molar-refractivity contribution in [1.82, 2.24) is 4.90 Å². The standard InChI is InChI=1S/C14H23N3OS/c1-3-17(11-12(2)14(15)16-18)9-10-19-13-7-5-4-6-8-13/h4-8,12,18H,3,9-11H2,1-2H3,(H2,15,16). The molecule has 0 aliphatic rings. The smallest absolute Gasteiger partial charge is 0.143 e. The van der Waals surface area contributed by atoms with Gasteiger partial charge in [0.15, 0.2) is 0 Å². The van der Waals surface area contributed by atoms with Crippen LogP contribution < -0.4 is 5.73 Å². The first-order valence-corrected chi connectivity index (χ1v) is 7.53. The minimum absolute atomic E-state index is 0.0756. The maximum atomic E-state index is 8.66. The van der Waals surface area contributed by atoms with Crippen molar-refractivity contribution in [1.29, 1.82) is 0 Å². The van der Waals surface area contributed by atoms with Crippen molar-refractivity contribution in [3.63, 3.8) is 0 Å². The Hall–Kier alpha value is -1.20. The third-order valence-corrected chi connectivity index (χ3v) is 4.01. The third kappa shape index (κ3) is 5.98. The average Bonchev–Trinajstić information content (AvgIpc) is 2.46. The zero-order valence-corrected chi connectivity index (χ0v) is 12.4. The quantitative estimate of drug-likeness (QED) is 0.253. The highest BCUT2D eigenvalue weighted by molar-refractivity contribution is 7.99. The fourth-order valence-corrected chi connectivity index (χ4v) is 2.70. The summed E-state index contributed by atoms with van der Waals surface area (Å²) in [6, 6.07) is 10.4. The predicted octanol–water partition coefficient (Wildman–Crippen LogP) is 2.48. The van der Waals surface area contributed by atoms with Crippen LogP contribution in [-0.4, -0.2) is 41.3 Å². The Kier molecular flexibility index (Phi) is 7.36. The molecular formula is C14H23N3OS. The van der Waals surface area contributed by atoms with E-state index >= 15 is 0 Å². The second kappa shape index (κ2) is 8.82. The molecule has 1 atom stereocenters. The molecule has 0 fully saturated rings.